The highest BCUT2D eigenvalue weighted by Crippen LogP contribution is 2.30. The smallest absolute Gasteiger partial charge is 0.0540 e. The van der Waals surface area contributed by atoms with Crippen molar-refractivity contribution in [2.45, 2.75) is 32.7 Å². The van der Waals surface area contributed by atoms with Gasteiger partial charge in [0, 0.05) is 25.1 Å². The van der Waals surface area contributed by atoms with Crippen LogP contribution in [0.5, 0.6) is 0 Å². The van der Waals surface area contributed by atoms with Gasteiger partial charge in [-0.25, -0.2) is 0 Å². The van der Waals surface area contributed by atoms with Crippen LogP contribution in [0.4, 0.5) is 0 Å². The van der Waals surface area contributed by atoms with Crippen LogP contribution in [-0.2, 0) is 6.54 Å². The van der Waals surface area contributed by atoms with E-state index >= 15 is 0 Å². The third kappa shape index (κ3) is 5.06. The minimum absolute atomic E-state index is 0.137. The molecule has 0 unspecified atom stereocenters. The second kappa shape index (κ2) is 7.33. The van der Waals surface area contributed by atoms with Crippen molar-refractivity contribution in [1.82, 2.24) is 4.90 Å². The van der Waals surface area contributed by atoms with Crippen LogP contribution in [-0.4, -0.2) is 29.7 Å². The van der Waals surface area contributed by atoms with Crippen molar-refractivity contribution in [2.75, 3.05) is 19.7 Å². The first-order valence-electron chi connectivity index (χ1n) is 7.23. The Balaban J connectivity index is 1.88. The molecule has 0 aromatic heterocycles. The number of benzene rings is 1. The maximum atomic E-state index is 8.68. The topological polar surface area (TPSA) is 23.5 Å². The van der Waals surface area contributed by atoms with E-state index in [4.69, 9.17) is 5.11 Å². The fraction of sp³-hybridized carbons (Fsp3) is 0.529. The van der Waals surface area contributed by atoms with Gasteiger partial charge in [-0.15, -0.1) is 0 Å². The first-order valence-corrected chi connectivity index (χ1v) is 7.23. The van der Waals surface area contributed by atoms with Gasteiger partial charge in [-0.3, -0.25) is 4.90 Å². The van der Waals surface area contributed by atoms with E-state index in [2.05, 4.69) is 47.9 Å². The maximum Gasteiger partial charge on any atom is 0.0540 e. The van der Waals surface area contributed by atoms with Crippen molar-refractivity contribution < 1.29 is 5.11 Å². The normalized spacial score (nSPS) is 14.3. The molecule has 2 heteroatoms. The molecule has 1 N–H and O–H groups in total. The lowest BCUT2D eigenvalue weighted by molar-refractivity contribution is 0.268. The predicted molar refractivity (Wildman–Crippen MR) is 78.7 cm³/mol. The highest BCUT2D eigenvalue weighted by Gasteiger charge is 2.23. The van der Waals surface area contributed by atoms with Gasteiger partial charge in [0.05, 0.1) is 6.61 Å². The number of nitrogens with zero attached hydrogens (tertiary/aromatic N) is 1. The Hall–Kier alpha value is -1.30. The molecule has 1 aliphatic carbocycles. The van der Waals surface area contributed by atoms with E-state index in [1.807, 2.05) is 0 Å². The van der Waals surface area contributed by atoms with Crippen LogP contribution >= 0.6 is 0 Å². The lowest BCUT2D eigenvalue weighted by atomic mass is 10.1. The average molecular weight is 257 g/mol. The summed E-state index contributed by atoms with van der Waals surface area (Å²) in [5.74, 6) is 6.95. The zero-order valence-electron chi connectivity index (χ0n) is 11.7. The molecule has 0 bridgehead atoms. The second-order valence-corrected chi connectivity index (χ2v) is 5.24. The van der Waals surface area contributed by atoms with Gasteiger partial charge in [0.25, 0.3) is 0 Å². The van der Waals surface area contributed by atoms with E-state index in [-0.39, 0.29) is 6.61 Å². The maximum absolute atomic E-state index is 8.68. The molecule has 2 rings (SSSR count). The first-order chi connectivity index (χ1) is 9.31. The molecule has 1 aromatic carbocycles. The van der Waals surface area contributed by atoms with Crippen LogP contribution < -0.4 is 0 Å². The Labute approximate surface area is 116 Å². The van der Waals surface area contributed by atoms with Crippen molar-refractivity contribution >= 4 is 0 Å². The summed E-state index contributed by atoms with van der Waals surface area (Å²) in [6.07, 6.45) is 3.37. The zero-order valence-corrected chi connectivity index (χ0v) is 11.7. The summed E-state index contributed by atoms with van der Waals surface area (Å²) in [6.45, 7) is 5.77. The van der Waals surface area contributed by atoms with Crippen molar-refractivity contribution in [3.8, 4) is 11.8 Å². The molecule has 1 aliphatic rings. The molecule has 0 heterocycles. The molecule has 0 aliphatic heterocycles. The summed E-state index contributed by atoms with van der Waals surface area (Å²) >= 11 is 0. The Kier molecular flexibility index (Phi) is 5.44. The van der Waals surface area contributed by atoms with Gasteiger partial charge < -0.3 is 5.11 Å². The summed E-state index contributed by atoms with van der Waals surface area (Å²) in [7, 11) is 0. The summed E-state index contributed by atoms with van der Waals surface area (Å²) in [5, 5.41) is 8.68. The Morgan fingerprint density at radius 2 is 2.00 bits per heavy atom. The second-order valence-electron chi connectivity index (χ2n) is 5.24. The predicted octanol–water partition coefficient (Wildman–Crippen LogP) is 2.65. The van der Waals surface area contributed by atoms with E-state index in [0.29, 0.717) is 6.42 Å². The van der Waals surface area contributed by atoms with Crippen LogP contribution in [0, 0.1) is 17.8 Å². The van der Waals surface area contributed by atoms with Crippen molar-refractivity contribution in [3.63, 3.8) is 0 Å². The van der Waals surface area contributed by atoms with Crippen LogP contribution in [0.25, 0.3) is 0 Å². The van der Waals surface area contributed by atoms with Gasteiger partial charge in [0.2, 0.25) is 0 Å². The lowest BCUT2D eigenvalue weighted by Gasteiger charge is -2.20. The molecule has 19 heavy (non-hydrogen) atoms. The molecule has 0 radical (unpaired) electrons. The minimum Gasteiger partial charge on any atom is -0.395 e. The standard InChI is InChI=1S/C17H23NO/c1-2-18(14-17-10-11-17)13-16-8-6-15(7-9-16)5-3-4-12-19/h6-9,17,19H,2,4,10-14H2,1H3. The molecule has 2 nitrogen and oxygen atoms in total. The molecular formula is C17H23NO. The highest BCUT2D eigenvalue weighted by atomic mass is 16.2. The fourth-order valence-corrected chi connectivity index (χ4v) is 2.14. The summed E-state index contributed by atoms with van der Waals surface area (Å²) in [5.41, 5.74) is 2.39. The largest absolute Gasteiger partial charge is 0.395 e. The number of aliphatic hydroxyl groups is 1. The van der Waals surface area contributed by atoms with E-state index in [1.54, 1.807) is 0 Å². The molecule has 102 valence electrons. The number of aliphatic hydroxyl groups excluding tert-OH is 1. The van der Waals surface area contributed by atoms with E-state index in [0.717, 1.165) is 24.6 Å². The van der Waals surface area contributed by atoms with E-state index in [9.17, 15) is 0 Å². The van der Waals surface area contributed by atoms with E-state index in [1.165, 1.54) is 24.9 Å². The van der Waals surface area contributed by atoms with Crippen LogP contribution in [0.1, 0.15) is 37.3 Å². The summed E-state index contributed by atoms with van der Waals surface area (Å²) in [4.78, 5) is 2.52. The zero-order chi connectivity index (χ0) is 13.5. The van der Waals surface area contributed by atoms with Gasteiger partial charge in [0.15, 0.2) is 0 Å². The Morgan fingerprint density at radius 1 is 1.26 bits per heavy atom. The van der Waals surface area contributed by atoms with Crippen LogP contribution in [0.2, 0.25) is 0 Å². The molecule has 0 saturated heterocycles. The minimum atomic E-state index is 0.137. The molecule has 1 fully saturated rings. The van der Waals surface area contributed by atoms with Crippen molar-refractivity contribution in [3.05, 3.63) is 35.4 Å². The number of hydrogen-bond acceptors (Lipinski definition) is 2. The van der Waals surface area contributed by atoms with Gasteiger partial charge in [-0.2, -0.15) is 0 Å². The third-order valence-corrected chi connectivity index (χ3v) is 3.49. The van der Waals surface area contributed by atoms with Gasteiger partial charge >= 0.3 is 0 Å². The molecule has 0 amide bonds. The Morgan fingerprint density at radius 3 is 2.58 bits per heavy atom. The summed E-state index contributed by atoms with van der Waals surface area (Å²) in [6, 6.07) is 8.48. The van der Waals surface area contributed by atoms with Crippen LogP contribution in [0.3, 0.4) is 0 Å². The molecule has 1 saturated carbocycles. The molecule has 0 spiro atoms. The van der Waals surface area contributed by atoms with E-state index < -0.39 is 0 Å². The molecule has 1 aromatic rings. The van der Waals surface area contributed by atoms with Crippen molar-refractivity contribution in [2.24, 2.45) is 5.92 Å². The van der Waals surface area contributed by atoms with Gasteiger partial charge in [-0.05, 0) is 43.0 Å². The number of rotatable bonds is 6. The highest BCUT2D eigenvalue weighted by molar-refractivity contribution is 5.36. The van der Waals surface area contributed by atoms with Crippen LogP contribution in [0.15, 0.2) is 24.3 Å². The Bertz CT molecular complexity index is 437. The third-order valence-electron chi connectivity index (χ3n) is 3.49. The SMILES string of the molecule is CCN(Cc1ccc(C#CCCO)cc1)CC1CC1. The fourth-order valence-electron chi connectivity index (χ4n) is 2.14. The average Bonchev–Trinajstić information content (AvgIpc) is 3.24. The first kappa shape index (κ1) is 14.1. The van der Waals surface area contributed by atoms with Gasteiger partial charge in [0.1, 0.15) is 0 Å². The summed E-state index contributed by atoms with van der Waals surface area (Å²) < 4.78 is 0. The monoisotopic (exact) mass is 257 g/mol. The van der Waals surface area contributed by atoms with Crippen molar-refractivity contribution in [1.29, 1.82) is 0 Å². The molecule has 0 atom stereocenters. The van der Waals surface area contributed by atoms with Gasteiger partial charge in [-0.1, -0.05) is 30.9 Å². The number of hydrogen-bond donors (Lipinski definition) is 1. The molecular weight excluding hydrogens is 234 g/mol. The quantitative estimate of drug-likeness (QED) is 0.792. The lowest BCUT2D eigenvalue weighted by Crippen LogP contribution is -2.25.